The first-order valence-electron chi connectivity index (χ1n) is 8.77. The summed E-state index contributed by atoms with van der Waals surface area (Å²) in [5.41, 5.74) is 1.34. The molecule has 1 aromatic heterocycles. The minimum absolute atomic E-state index is 0.0406. The SMILES string of the molecule is COC(=O)c1cc(O)cc(C(=O)N2CCC(c3ccn(C)c(=O)c3)CC2)c1. The molecular weight excluding hydrogens is 348 g/mol. The number of methoxy groups -OCH3 is 1. The number of amides is 1. The summed E-state index contributed by atoms with van der Waals surface area (Å²) >= 11 is 0. The third-order valence-electron chi connectivity index (χ3n) is 4.97. The van der Waals surface area contributed by atoms with Crippen molar-refractivity contribution in [2.75, 3.05) is 20.2 Å². The Labute approximate surface area is 156 Å². The fourth-order valence-corrected chi connectivity index (χ4v) is 3.39. The van der Waals surface area contributed by atoms with Gasteiger partial charge < -0.3 is 19.3 Å². The van der Waals surface area contributed by atoms with Crippen molar-refractivity contribution in [2.45, 2.75) is 18.8 Å². The first-order chi connectivity index (χ1) is 12.9. The van der Waals surface area contributed by atoms with Crippen LogP contribution in [0.3, 0.4) is 0 Å². The van der Waals surface area contributed by atoms with Gasteiger partial charge in [-0.15, -0.1) is 0 Å². The molecule has 1 aliphatic rings. The van der Waals surface area contributed by atoms with Gasteiger partial charge in [-0.1, -0.05) is 0 Å². The van der Waals surface area contributed by atoms with Gasteiger partial charge in [-0.3, -0.25) is 9.59 Å². The molecule has 0 unspecified atom stereocenters. The zero-order valence-electron chi connectivity index (χ0n) is 15.3. The first-order valence-corrected chi connectivity index (χ1v) is 8.77. The molecule has 1 fully saturated rings. The van der Waals surface area contributed by atoms with E-state index in [1.54, 1.807) is 24.2 Å². The minimum atomic E-state index is -0.607. The Morgan fingerprint density at radius 3 is 2.41 bits per heavy atom. The zero-order valence-corrected chi connectivity index (χ0v) is 15.3. The first kappa shape index (κ1) is 18.7. The van der Waals surface area contributed by atoms with Crippen LogP contribution in [-0.2, 0) is 11.8 Å². The van der Waals surface area contributed by atoms with Crippen LogP contribution in [0.25, 0.3) is 0 Å². The van der Waals surface area contributed by atoms with E-state index in [1.165, 1.54) is 29.9 Å². The molecule has 7 heteroatoms. The number of carbonyl (C=O) groups excluding carboxylic acids is 2. The molecule has 3 rings (SSSR count). The number of phenolic OH excluding ortho intramolecular Hbond substituents is 1. The number of aromatic nitrogens is 1. The molecule has 1 aliphatic heterocycles. The van der Waals surface area contributed by atoms with Gasteiger partial charge in [-0.05, 0) is 48.6 Å². The number of pyridine rings is 1. The molecule has 0 bridgehead atoms. The van der Waals surface area contributed by atoms with E-state index in [0.717, 1.165) is 18.4 Å². The van der Waals surface area contributed by atoms with Crippen LogP contribution in [0.2, 0.25) is 0 Å². The molecule has 1 aromatic carbocycles. The summed E-state index contributed by atoms with van der Waals surface area (Å²) in [5, 5.41) is 9.81. The molecule has 1 N–H and O–H groups in total. The molecule has 7 nitrogen and oxygen atoms in total. The number of rotatable bonds is 3. The quantitative estimate of drug-likeness (QED) is 0.834. The van der Waals surface area contributed by atoms with Crippen molar-refractivity contribution in [3.8, 4) is 5.75 Å². The van der Waals surface area contributed by atoms with Crippen LogP contribution in [0.1, 0.15) is 45.0 Å². The van der Waals surface area contributed by atoms with E-state index < -0.39 is 5.97 Å². The Kier molecular flexibility index (Phi) is 5.30. The number of ether oxygens (including phenoxy) is 1. The zero-order chi connectivity index (χ0) is 19.6. The van der Waals surface area contributed by atoms with Crippen LogP contribution in [0.15, 0.2) is 41.3 Å². The van der Waals surface area contributed by atoms with Gasteiger partial charge in [-0.2, -0.15) is 0 Å². The van der Waals surface area contributed by atoms with Gasteiger partial charge in [0.1, 0.15) is 5.75 Å². The molecule has 2 aromatic rings. The fourth-order valence-electron chi connectivity index (χ4n) is 3.39. The van der Waals surface area contributed by atoms with E-state index in [-0.39, 0.29) is 34.3 Å². The maximum absolute atomic E-state index is 12.8. The van der Waals surface area contributed by atoms with Crippen molar-refractivity contribution in [3.63, 3.8) is 0 Å². The second-order valence-corrected chi connectivity index (χ2v) is 6.74. The molecule has 0 atom stereocenters. The number of aryl methyl sites for hydroxylation is 1. The lowest BCUT2D eigenvalue weighted by molar-refractivity contribution is 0.0600. The van der Waals surface area contributed by atoms with Crippen molar-refractivity contribution >= 4 is 11.9 Å². The summed E-state index contributed by atoms with van der Waals surface area (Å²) in [4.78, 5) is 38.0. The van der Waals surface area contributed by atoms with Crippen LogP contribution in [-0.4, -0.2) is 46.6 Å². The number of hydrogen-bond acceptors (Lipinski definition) is 5. The van der Waals surface area contributed by atoms with E-state index in [9.17, 15) is 19.5 Å². The lowest BCUT2D eigenvalue weighted by atomic mass is 9.89. The summed E-state index contributed by atoms with van der Waals surface area (Å²) in [5.74, 6) is -0.767. The molecule has 0 saturated carbocycles. The molecule has 0 radical (unpaired) electrons. The van der Waals surface area contributed by atoms with Crippen LogP contribution in [0, 0.1) is 0 Å². The van der Waals surface area contributed by atoms with Gasteiger partial charge in [0.25, 0.3) is 11.5 Å². The highest BCUT2D eigenvalue weighted by Crippen LogP contribution is 2.28. The number of phenols is 1. The van der Waals surface area contributed by atoms with E-state index in [0.29, 0.717) is 13.1 Å². The molecule has 142 valence electrons. The second kappa shape index (κ2) is 7.65. The standard InChI is InChI=1S/C20H22N2O5/c1-21-6-3-14(12-18(21)24)13-4-7-22(8-5-13)19(25)15-9-16(20(26)27-2)11-17(23)10-15/h3,6,9-13,23H,4-5,7-8H2,1-2H3. The van der Waals surface area contributed by atoms with Crippen molar-refractivity contribution in [2.24, 2.45) is 7.05 Å². The molecule has 1 saturated heterocycles. The molecule has 2 heterocycles. The van der Waals surface area contributed by atoms with Gasteiger partial charge in [0.15, 0.2) is 0 Å². The molecule has 1 amide bonds. The summed E-state index contributed by atoms with van der Waals surface area (Å²) in [7, 11) is 2.96. The summed E-state index contributed by atoms with van der Waals surface area (Å²) in [6, 6.07) is 7.65. The van der Waals surface area contributed by atoms with Crippen molar-refractivity contribution < 1.29 is 19.4 Å². The van der Waals surface area contributed by atoms with E-state index >= 15 is 0 Å². The van der Waals surface area contributed by atoms with Gasteiger partial charge in [0.2, 0.25) is 0 Å². The van der Waals surface area contributed by atoms with E-state index in [1.807, 2.05) is 6.07 Å². The minimum Gasteiger partial charge on any atom is -0.508 e. The Morgan fingerprint density at radius 2 is 1.78 bits per heavy atom. The summed E-state index contributed by atoms with van der Waals surface area (Å²) in [6.07, 6.45) is 3.26. The van der Waals surface area contributed by atoms with Gasteiger partial charge in [0, 0.05) is 38.0 Å². The Hall–Kier alpha value is -3.09. The second-order valence-electron chi connectivity index (χ2n) is 6.74. The Balaban J connectivity index is 1.71. The predicted octanol–water partition coefficient (Wildman–Crippen LogP) is 1.90. The number of piperidine rings is 1. The highest BCUT2D eigenvalue weighted by atomic mass is 16.5. The topological polar surface area (TPSA) is 88.8 Å². The molecule has 27 heavy (non-hydrogen) atoms. The monoisotopic (exact) mass is 370 g/mol. The predicted molar refractivity (Wildman–Crippen MR) is 99.0 cm³/mol. The maximum atomic E-state index is 12.8. The highest BCUT2D eigenvalue weighted by Gasteiger charge is 2.25. The normalized spacial score (nSPS) is 14.8. The molecule has 0 spiro atoms. The average Bonchev–Trinajstić information content (AvgIpc) is 2.68. The summed E-state index contributed by atoms with van der Waals surface area (Å²) in [6.45, 7) is 1.09. The highest BCUT2D eigenvalue weighted by molar-refractivity contribution is 5.98. The largest absolute Gasteiger partial charge is 0.508 e. The molecule has 0 aliphatic carbocycles. The van der Waals surface area contributed by atoms with Gasteiger partial charge in [-0.25, -0.2) is 4.79 Å². The number of likely N-dealkylation sites (tertiary alicyclic amines) is 1. The van der Waals surface area contributed by atoms with Crippen LogP contribution < -0.4 is 5.56 Å². The number of hydrogen-bond donors (Lipinski definition) is 1. The van der Waals surface area contributed by atoms with Crippen molar-refractivity contribution in [1.82, 2.24) is 9.47 Å². The number of carbonyl (C=O) groups is 2. The molecular formula is C20H22N2O5. The average molecular weight is 370 g/mol. The number of nitrogens with zero attached hydrogens (tertiary/aromatic N) is 2. The summed E-state index contributed by atoms with van der Waals surface area (Å²) < 4.78 is 6.18. The number of aromatic hydroxyl groups is 1. The van der Waals surface area contributed by atoms with E-state index in [2.05, 4.69) is 4.74 Å². The Bertz CT molecular complexity index is 926. The lowest BCUT2D eigenvalue weighted by Gasteiger charge is -2.32. The lowest BCUT2D eigenvalue weighted by Crippen LogP contribution is -2.38. The Morgan fingerprint density at radius 1 is 1.11 bits per heavy atom. The van der Waals surface area contributed by atoms with Crippen molar-refractivity contribution in [1.29, 1.82) is 0 Å². The van der Waals surface area contributed by atoms with Crippen LogP contribution >= 0.6 is 0 Å². The van der Waals surface area contributed by atoms with Crippen LogP contribution in [0.4, 0.5) is 0 Å². The maximum Gasteiger partial charge on any atom is 0.338 e. The fraction of sp³-hybridized carbons (Fsp3) is 0.350. The van der Waals surface area contributed by atoms with Gasteiger partial charge in [0.05, 0.1) is 12.7 Å². The smallest absolute Gasteiger partial charge is 0.338 e. The van der Waals surface area contributed by atoms with Gasteiger partial charge >= 0.3 is 5.97 Å². The third kappa shape index (κ3) is 4.02. The number of esters is 1. The number of benzene rings is 1. The van der Waals surface area contributed by atoms with Crippen molar-refractivity contribution in [3.05, 3.63) is 63.6 Å². The van der Waals surface area contributed by atoms with E-state index in [4.69, 9.17) is 0 Å². The third-order valence-corrected chi connectivity index (χ3v) is 4.97. The van der Waals surface area contributed by atoms with Crippen LogP contribution in [0.5, 0.6) is 5.75 Å².